The van der Waals surface area contributed by atoms with E-state index in [-0.39, 0.29) is 6.10 Å². The van der Waals surface area contributed by atoms with Crippen LogP contribution in [0.25, 0.3) is 0 Å². The van der Waals surface area contributed by atoms with E-state index in [1.807, 2.05) is 7.05 Å². The Bertz CT molecular complexity index is 663. The minimum Gasteiger partial charge on any atom is -0.393 e. The number of nitrogens with one attached hydrogen (secondary N) is 1. The molecule has 0 bridgehead atoms. The molecule has 4 aliphatic carbocycles. The first-order valence-electron chi connectivity index (χ1n) is 13.5. The topological polar surface area (TPSA) is 49.3 Å². The number of carbonyl (C=O) groups is 1. The molecule has 5 unspecified atom stereocenters. The van der Waals surface area contributed by atoms with Gasteiger partial charge in [-0.3, -0.25) is 4.79 Å². The second-order valence-corrected chi connectivity index (χ2v) is 12.9. The Morgan fingerprint density at radius 1 is 1.10 bits per heavy atom. The van der Waals surface area contributed by atoms with Gasteiger partial charge in [-0.15, -0.1) is 0 Å². The molecule has 3 heteroatoms. The molecule has 4 rings (SSSR count). The molecule has 4 aliphatic rings. The molecule has 0 aromatic carbocycles. The summed E-state index contributed by atoms with van der Waals surface area (Å²) in [6.45, 7) is 13.3. The van der Waals surface area contributed by atoms with Crippen LogP contribution in [0.1, 0.15) is 92.4 Å². The summed E-state index contributed by atoms with van der Waals surface area (Å²) in [4.78, 5) is 12.1. The predicted octanol–water partition coefficient (Wildman–Crippen LogP) is 5.70. The lowest BCUT2D eigenvalue weighted by Gasteiger charge is -2.64. The first-order chi connectivity index (χ1) is 14.6. The number of likely N-dealkylation sites (N-methyl/N-ethyl adjacent to an activating group) is 1. The van der Waals surface area contributed by atoms with Crippen molar-refractivity contribution >= 4 is 5.78 Å². The number of aliphatic hydroxyl groups is 1. The van der Waals surface area contributed by atoms with Crippen LogP contribution in [0.2, 0.25) is 0 Å². The van der Waals surface area contributed by atoms with E-state index in [0.29, 0.717) is 29.1 Å². The van der Waals surface area contributed by atoms with Crippen molar-refractivity contribution in [2.45, 2.75) is 98.5 Å². The zero-order valence-electron chi connectivity index (χ0n) is 21.1. The molecule has 4 fully saturated rings. The smallest absolute Gasteiger partial charge is 0.146 e. The number of rotatable bonds is 6. The minimum absolute atomic E-state index is 0.0598. The van der Waals surface area contributed by atoms with E-state index in [4.69, 9.17) is 0 Å². The zero-order valence-corrected chi connectivity index (χ0v) is 21.1. The lowest BCUT2D eigenvalue weighted by Crippen LogP contribution is -2.58. The van der Waals surface area contributed by atoms with E-state index >= 15 is 0 Å². The Hall–Kier alpha value is -0.410. The number of fused-ring (bicyclic) bond motifs is 5. The average molecular weight is 432 g/mol. The third-order valence-electron chi connectivity index (χ3n) is 11.6. The standard InChI is InChI=1S/C28H49NO2/c1-17(7-8-22(31)16-29-6)23-9-10-24-26-18(2)13-20-15-21(30)11-12-27(20,4)25(26)14-19(3)28(23,24)5/h17-21,23-26,29-30H,7-16H2,1-6H3/t17?,18?,19?,20-,21?,23?,24+,25+,26+,27+,28-/m1/s1. The molecular formula is C28H49NO2. The number of aliphatic hydroxyl groups excluding tert-OH is 1. The fraction of sp³-hybridized carbons (Fsp3) is 0.964. The Balaban J connectivity index is 1.54. The van der Waals surface area contributed by atoms with Gasteiger partial charge in [-0.1, -0.05) is 34.6 Å². The van der Waals surface area contributed by atoms with Crippen LogP contribution in [0.3, 0.4) is 0 Å². The highest BCUT2D eigenvalue weighted by Crippen LogP contribution is 2.70. The molecule has 0 saturated heterocycles. The van der Waals surface area contributed by atoms with Gasteiger partial charge in [0.15, 0.2) is 0 Å². The van der Waals surface area contributed by atoms with Crippen molar-refractivity contribution in [1.29, 1.82) is 0 Å². The van der Waals surface area contributed by atoms with Gasteiger partial charge in [0.05, 0.1) is 12.6 Å². The molecule has 0 aromatic rings. The van der Waals surface area contributed by atoms with E-state index in [1.165, 1.54) is 32.1 Å². The monoisotopic (exact) mass is 431 g/mol. The van der Waals surface area contributed by atoms with Gasteiger partial charge in [-0.05, 0) is 117 Å². The van der Waals surface area contributed by atoms with Crippen molar-refractivity contribution in [1.82, 2.24) is 5.32 Å². The highest BCUT2D eigenvalue weighted by molar-refractivity contribution is 5.80. The highest BCUT2D eigenvalue weighted by Gasteiger charge is 2.64. The van der Waals surface area contributed by atoms with E-state index < -0.39 is 0 Å². The lowest BCUT2D eigenvalue weighted by molar-refractivity contribution is -0.168. The Morgan fingerprint density at radius 2 is 1.84 bits per heavy atom. The van der Waals surface area contributed by atoms with Crippen LogP contribution in [-0.2, 0) is 4.79 Å². The molecule has 0 radical (unpaired) electrons. The van der Waals surface area contributed by atoms with Crippen molar-refractivity contribution in [3.05, 3.63) is 0 Å². The van der Waals surface area contributed by atoms with E-state index in [2.05, 4.69) is 39.9 Å². The van der Waals surface area contributed by atoms with Crippen LogP contribution < -0.4 is 5.32 Å². The summed E-state index contributed by atoms with van der Waals surface area (Å²) in [6, 6.07) is 0. The maximum atomic E-state index is 12.1. The first kappa shape index (κ1) is 23.7. The van der Waals surface area contributed by atoms with Gasteiger partial charge < -0.3 is 10.4 Å². The zero-order chi connectivity index (χ0) is 22.6. The number of hydrogen-bond donors (Lipinski definition) is 2. The molecule has 2 N–H and O–H groups in total. The Kier molecular flexibility index (Phi) is 6.70. The van der Waals surface area contributed by atoms with Crippen molar-refractivity contribution in [3.8, 4) is 0 Å². The van der Waals surface area contributed by atoms with Crippen LogP contribution in [0, 0.1) is 58.2 Å². The summed E-state index contributed by atoms with van der Waals surface area (Å²) in [5.74, 6) is 6.59. The third-order valence-corrected chi connectivity index (χ3v) is 11.6. The molecule has 0 aliphatic heterocycles. The Morgan fingerprint density at radius 3 is 2.55 bits per heavy atom. The van der Waals surface area contributed by atoms with E-state index in [9.17, 15) is 9.90 Å². The van der Waals surface area contributed by atoms with Gasteiger partial charge in [-0.25, -0.2) is 0 Å². The first-order valence-corrected chi connectivity index (χ1v) is 13.5. The summed E-state index contributed by atoms with van der Waals surface area (Å²) in [6.07, 6.45) is 10.5. The van der Waals surface area contributed by atoms with Gasteiger partial charge in [0, 0.05) is 6.42 Å². The fourth-order valence-corrected chi connectivity index (χ4v) is 9.80. The van der Waals surface area contributed by atoms with Crippen molar-refractivity contribution in [2.75, 3.05) is 13.6 Å². The summed E-state index contributed by atoms with van der Waals surface area (Å²) in [5, 5.41) is 13.4. The second-order valence-electron chi connectivity index (χ2n) is 12.9. The van der Waals surface area contributed by atoms with E-state index in [0.717, 1.165) is 67.1 Å². The lowest BCUT2D eigenvalue weighted by atomic mass is 9.40. The van der Waals surface area contributed by atoms with Gasteiger partial charge in [0.1, 0.15) is 5.78 Å². The SMILES string of the molecule is CNCC(=O)CCC(C)C1CC[C@H]2[C@@H]3C(C)C[C@@H]4CC(O)CC[C@]4(C)[C@H]3CC(C)[C@]12C. The van der Waals surface area contributed by atoms with Gasteiger partial charge in [-0.2, -0.15) is 0 Å². The maximum absolute atomic E-state index is 12.1. The Labute approximate surface area is 191 Å². The molecular weight excluding hydrogens is 382 g/mol. The van der Waals surface area contributed by atoms with Gasteiger partial charge in [0.25, 0.3) is 0 Å². The molecule has 4 saturated carbocycles. The maximum Gasteiger partial charge on any atom is 0.146 e. The number of hydrogen-bond acceptors (Lipinski definition) is 3. The van der Waals surface area contributed by atoms with Crippen LogP contribution in [0.15, 0.2) is 0 Å². The van der Waals surface area contributed by atoms with E-state index in [1.54, 1.807) is 0 Å². The quantitative estimate of drug-likeness (QED) is 0.567. The molecule has 31 heavy (non-hydrogen) atoms. The van der Waals surface area contributed by atoms with Crippen LogP contribution in [-0.4, -0.2) is 30.6 Å². The highest BCUT2D eigenvalue weighted by atomic mass is 16.3. The van der Waals surface area contributed by atoms with Crippen molar-refractivity contribution < 1.29 is 9.90 Å². The largest absolute Gasteiger partial charge is 0.393 e. The summed E-state index contributed by atoms with van der Waals surface area (Å²) >= 11 is 0. The fourth-order valence-electron chi connectivity index (χ4n) is 9.80. The number of Topliss-reactive ketones (excluding diaryl/α,β-unsaturated/α-hetero) is 1. The molecule has 11 atom stereocenters. The molecule has 3 nitrogen and oxygen atoms in total. The predicted molar refractivity (Wildman–Crippen MR) is 128 cm³/mol. The van der Waals surface area contributed by atoms with Gasteiger partial charge in [0.2, 0.25) is 0 Å². The molecule has 0 aromatic heterocycles. The molecule has 0 spiro atoms. The van der Waals surface area contributed by atoms with Crippen molar-refractivity contribution in [2.24, 2.45) is 58.2 Å². The van der Waals surface area contributed by atoms with Crippen LogP contribution in [0.4, 0.5) is 0 Å². The molecule has 0 amide bonds. The van der Waals surface area contributed by atoms with Crippen LogP contribution in [0.5, 0.6) is 0 Å². The minimum atomic E-state index is -0.0598. The molecule has 0 heterocycles. The summed E-state index contributed by atoms with van der Waals surface area (Å²) in [7, 11) is 1.87. The average Bonchev–Trinajstić information content (AvgIpc) is 3.07. The van der Waals surface area contributed by atoms with Crippen LogP contribution >= 0.6 is 0 Å². The normalized spacial score (nSPS) is 50.3. The molecule has 178 valence electrons. The van der Waals surface area contributed by atoms with Crippen molar-refractivity contribution in [3.63, 3.8) is 0 Å². The third kappa shape index (κ3) is 3.84. The number of ketones is 1. The summed E-state index contributed by atoms with van der Waals surface area (Å²) < 4.78 is 0. The number of carbonyl (C=O) groups excluding carboxylic acids is 1. The van der Waals surface area contributed by atoms with Gasteiger partial charge >= 0.3 is 0 Å². The second kappa shape index (κ2) is 8.75. The summed E-state index contributed by atoms with van der Waals surface area (Å²) in [5.41, 5.74) is 0.869.